The monoisotopic (exact) mass is 203 g/mol. The third kappa shape index (κ3) is 4.53. The Labute approximate surface area is 91.6 Å². The average molecular weight is 203 g/mol. The van der Waals surface area contributed by atoms with Gasteiger partial charge in [-0.2, -0.15) is 0 Å². The molecule has 2 nitrogen and oxygen atoms in total. The Morgan fingerprint density at radius 1 is 1.40 bits per heavy atom. The SMILES string of the molecule is CCCOc1cccc(C#CCNC)c1. The van der Waals surface area contributed by atoms with E-state index in [2.05, 4.69) is 24.1 Å². The van der Waals surface area contributed by atoms with Gasteiger partial charge in [0.1, 0.15) is 5.75 Å². The molecule has 0 unspecified atom stereocenters. The molecule has 80 valence electrons. The molecule has 1 aromatic carbocycles. The van der Waals surface area contributed by atoms with Crippen molar-refractivity contribution in [2.45, 2.75) is 13.3 Å². The molecule has 0 aliphatic carbocycles. The first-order valence-corrected chi connectivity index (χ1v) is 5.23. The zero-order valence-corrected chi connectivity index (χ0v) is 9.34. The second-order valence-electron chi connectivity index (χ2n) is 3.21. The third-order valence-electron chi connectivity index (χ3n) is 1.80. The van der Waals surface area contributed by atoms with Crippen LogP contribution in [0.2, 0.25) is 0 Å². The molecule has 1 rings (SSSR count). The van der Waals surface area contributed by atoms with Crippen LogP contribution in [0.15, 0.2) is 24.3 Å². The molecule has 0 radical (unpaired) electrons. The summed E-state index contributed by atoms with van der Waals surface area (Å²) in [6, 6.07) is 7.88. The largest absolute Gasteiger partial charge is 0.494 e. The van der Waals surface area contributed by atoms with Crippen molar-refractivity contribution in [2.24, 2.45) is 0 Å². The highest BCUT2D eigenvalue weighted by Crippen LogP contribution is 2.12. The zero-order valence-electron chi connectivity index (χ0n) is 9.34. The third-order valence-corrected chi connectivity index (χ3v) is 1.80. The molecule has 0 atom stereocenters. The van der Waals surface area contributed by atoms with Gasteiger partial charge >= 0.3 is 0 Å². The summed E-state index contributed by atoms with van der Waals surface area (Å²) in [5.41, 5.74) is 0.999. The van der Waals surface area contributed by atoms with Gasteiger partial charge in [0.15, 0.2) is 0 Å². The summed E-state index contributed by atoms with van der Waals surface area (Å²) in [5, 5.41) is 2.98. The zero-order chi connectivity index (χ0) is 10.9. The highest BCUT2D eigenvalue weighted by Gasteiger charge is 1.93. The summed E-state index contributed by atoms with van der Waals surface area (Å²) in [5.74, 6) is 6.98. The number of hydrogen-bond acceptors (Lipinski definition) is 2. The van der Waals surface area contributed by atoms with Gasteiger partial charge in [-0.3, -0.25) is 0 Å². The molecule has 0 amide bonds. The summed E-state index contributed by atoms with van der Waals surface area (Å²) in [7, 11) is 1.88. The molecular weight excluding hydrogens is 186 g/mol. The fraction of sp³-hybridized carbons (Fsp3) is 0.385. The van der Waals surface area contributed by atoms with E-state index in [4.69, 9.17) is 4.74 Å². The molecule has 0 bridgehead atoms. The molecule has 0 fully saturated rings. The second kappa shape index (κ2) is 6.92. The summed E-state index contributed by atoms with van der Waals surface area (Å²) in [6.07, 6.45) is 1.02. The van der Waals surface area contributed by atoms with Crippen molar-refractivity contribution < 1.29 is 4.74 Å². The molecule has 2 heteroatoms. The topological polar surface area (TPSA) is 21.3 Å². The lowest BCUT2D eigenvalue weighted by atomic mass is 10.2. The Kier molecular flexibility index (Phi) is 5.35. The molecule has 0 saturated heterocycles. The molecule has 1 N–H and O–H groups in total. The van der Waals surface area contributed by atoms with Crippen LogP contribution < -0.4 is 10.1 Å². The number of hydrogen-bond donors (Lipinski definition) is 1. The van der Waals surface area contributed by atoms with Crippen LogP contribution >= 0.6 is 0 Å². The summed E-state index contributed by atoms with van der Waals surface area (Å²) in [6.45, 7) is 3.56. The van der Waals surface area contributed by atoms with Crippen LogP contribution in [0, 0.1) is 11.8 Å². The van der Waals surface area contributed by atoms with Crippen LogP contribution in [0.5, 0.6) is 5.75 Å². The van der Waals surface area contributed by atoms with Gasteiger partial charge in [0.05, 0.1) is 13.2 Å². The molecule has 0 aliphatic heterocycles. The van der Waals surface area contributed by atoms with Crippen molar-refractivity contribution >= 4 is 0 Å². The first-order valence-electron chi connectivity index (χ1n) is 5.23. The van der Waals surface area contributed by atoms with Crippen molar-refractivity contribution in [1.82, 2.24) is 5.32 Å². The second-order valence-corrected chi connectivity index (χ2v) is 3.21. The van der Waals surface area contributed by atoms with Crippen molar-refractivity contribution in [1.29, 1.82) is 0 Å². The first kappa shape index (κ1) is 11.6. The van der Waals surface area contributed by atoms with Gasteiger partial charge in [0.25, 0.3) is 0 Å². The van der Waals surface area contributed by atoms with Crippen molar-refractivity contribution in [3.05, 3.63) is 29.8 Å². The number of benzene rings is 1. The van der Waals surface area contributed by atoms with Crippen molar-refractivity contribution in [2.75, 3.05) is 20.2 Å². The lowest BCUT2D eigenvalue weighted by Gasteiger charge is -2.03. The van der Waals surface area contributed by atoms with E-state index < -0.39 is 0 Å². The van der Waals surface area contributed by atoms with E-state index in [1.807, 2.05) is 31.3 Å². The molecule has 0 aliphatic rings. The van der Waals surface area contributed by atoms with Gasteiger partial charge < -0.3 is 10.1 Å². The van der Waals surface area contributed by atoms with E-state index >= 15 is 0 Å². The Bertz CT molecular complexity index is 349. The lowest BCUT2D eigenvalue weighted by Crippen LogP contribution is -2.04. The Morgan fingerprint density at radius 3 is 3.00 bits per heavy atom. The van der Waals surface area contributed by atoms with Crippen LogP contribution in [0.1, 0.15) is 18.9 Å². The lowest BCUT2D eigenvalue weighted by molar-refractivity contribution is 0.317. The van der Waals surface area contributed by atoms with Crippen LogP contribution in [0.4, 0.5) is 0 Å². The number of rotatable bonds is 4. The van der Waals surface area contributed by atoms with Crippen LogP contribution in [0.25, 0.3) is 0 Å². The number of ether oxygens (including phenoxy) is 1. The van der Waals surface area contributed by atoms with Crippen molar-refractivity contribution in [3.63, 3.8) is 0 Å². The van der Waals surface area contributed by atoms with Crippen molar-refractivity contribution in [3.8, 4) is 17.6 Å². The molecule has 1 aromatic rings. The molecular formula is C13H17NO. The van der Waals surface area contributed by atoms with Gasteiger partial charge in [0.2, 0.25) is 0 Å². The van der Waals surface area contributed by atoms with E-state index in [0.717, 1.165) is 24.3 Å². The Balaban J connectivity index is 2.62. The van der Waals surface area contributed by atoms with Gasteiger partial charge in [-0.15, -0.1) is 0 Å². The van der Waals surface area contributed by atoms with Gasteiger partial charge in [-0.1, -0.05) is 24.8 Å². The fourth-order valence-corrected chi connectivity index (χ4v) is 1.12. The fourth-order valence-electron chi connectivity index (χ4n) is 1.12. The molecule has 0 spiro atoms. The molecule has 0 saturated carbocycles. The summed E-state index contributed by atoms with van der Waals surface area (Å²) in [4.78, 5) is 0. The van der Waals surface area contributed by atoms with E-state index in [-0.39, 0.29) is 0 Å². The molecule has 0 heterocycles. The maximum atomic E-state index is 5.52. The van der Waals surface area contributed by atoms with Gasteiger partial charge in [-0.05, 0) is 31.7 Å². The minimum absolute atomic E-state index is 0.708. The molecule has 0 aromatic heterocycles. The quantitative estimate of drug-likeness (QED) is 0.756. The predicted molar refractivity (Wildman–Crippen MR) is 63.0 cm³/mol. The maximum absolute atomic E-state index is 5.52. The Morgan fingerprint density at radius 2 is 2.27 bits per heavy atom. The molecule has 15 heavy (non-hydrogen) atoms. The highest BCUT2D eigenvalue weighted by atomic mass is 16.5. The standard InChI is InChI=1S/C13H17NO/c1-3-10-15-13-8-4-6-12(11-13)7-5-9-14-2/h4,6,8,11,14H,3,9-10H2,1-2H3. The minimum Gasteiger partial charge on any atom is -0.494 e. The van der Waals surface area contributed by atoms with E-state index in [0.29, 0.717) is 6.54 Å². The van der Waals surface area contributed by atoms with Gasteiger partial charge in [-0.25, -0.2) is 0 Å². The van der Waals surface area contributed by atoms with Crippen LogP contribution in [-0.2, 0) is 0 Å². The Hall–Kier alpha value is -1.46. The first-order chi connectivity index (χ1) is 7.36. The van der Waals surface area contributed by atoms with Crippen LogP contribution in [-0.4, -0.2) is 20.2 Å². The maximum Gasteiger partial charge on any atom is 0.120 e. The summed E-state index contributed by atoms with van der Waals surface area (Å²) < 4.78 is 5.52. The van der Waals surface area contributed by atoms with E-state index in [1.54, 1.807) is 0 Å². The average Bonchev–Trinajstić information content (AvgIpc) is 2.27. The minimum atomic E-state index is 0.708. The van der Waals surface area contributed by atoms with E-state index in [9.17, 15) is 0 Å². The van der Waals surface area contributed by atoms with Crippen LogP contribution in [0.3, 0.4) is 0 Å². The normalized spacial score (nSPS) is 9.20. The predicted octanol–water partition coefficient (Wildman–Crippen LogP) is 2.05. The summed E-state index contributed by atoms with van der Waals surface area (Å²) >= 11 is 0. The van der Waals surface area contributed by atoms with Gasteiger partial charge in [0, 0.05) is 5.56 Å². The highest BCUT2D eigenvalue weighted by molar-refractivity contribution is 5.39. The number of nitrogens with one attached hydrogen (secondary N) is 1. The van der Waals surface area contributed by atoms with E-state index in [1.165, 1.54) is 0 Å². The smallest absolute Gasteiger partial charge is 0.120 e.